The number of carbonyl (C=O) groups excluding carboxylic acids is 3. The minimum atomic E-state index is -3.88. The average molecular weight is 664 g/mol. The van der Waals surface area contributed by atoms with E-state index in [4.69, 9.17) is 22.1 Å². The number of carbonyl (C=O) groups is 3. The van der Waals surface area contributed by atoms with Gasteiger partial charge in [0.1, 0.15) is 5.75 Å². The first-order chi connectivity index (χ1) is 20.5. The van der Waals surface area contributed by atoms with E-state index in [0.717, 1.165) is 30.4 Å². The Morgan fingerprint density at radius 1 is 0.977 bits per heavy atom. The molecule has 0 aromatic heterocycles. The first-order valence-corrected chi connectivity index (χ1v) is 16.0. The molecule has 3 amide bonds. The largest absolute Gasteiger partial charge is 0.494 e. The Morgan fingerprint density at radius 3 is 2.34 bits per heavy atom. The lowest BCUT2D eigenvalue weighted by Gasteiger charge is -2.24. The van der Waals surface area contributed by atoms with Gasteiger partial charge in [0.2, 0.25) is 11.8 Å². The van der Waals surface area contributed by atoms with E-state index in [-0.39, 0.29) is 47.6 Å². The van der Waals surface area contributed by atoms with E-state index in [9.17, 15) is 22.8 Å². The minimum Gasteiger partial charge on any atom is -0.494 e. The number of ether oxygens (including phenoxy) is 1. The van der Waals surface area contributed by atoms with Gasteiger partial charge in [-0.05, 0) is 72.9 Å². The number of nitrogens with zero attached hydrogens (tertiary/aromatic N) is 1. The fourth-order valence-corrected chi connectivity index (χ4v) is 6.31. The predicted octanol–water partition coefficient (Wildman–Crippen LogP) is 4.02. The lowest BCUT2D eigenvalue weighted by molar-refractivity contribution is -0.120. The van der Waals surface area contributed by atoms with Crippen LogP contribution in [0.25, 0.3) is 0 Å². The highest BCUT2D eigenvalue weighted by Crippen LogP contribution is 2.32. The van der Waals surface area contributed by atoms with Crippen LogP contribution in [0.2, 0.25) is 5.02 Å². The molecular weight excluding hydrogens is 627 g/mol. The van der Waals surface area contributed by atoms with Gasteiger partial charge in [-0.2, -0.15) is 0 Å². The van der Waals surface area contributed by atoms with Gasteiger partial charge in [0, 0.05) is 30.6 Å². The van der Waals surface area contributed by atoms with Crippen LogP contribution in [-0.2, 0) is 32.5 Å². The maximum atomic E-state index is 13.2. The minimum absolute atomic E-state index is 0. The van der Waals surface area contributed by atoms with E-state index < -0.39 is 33.4 Å². The second-order valence-corrected chi connectivity index (χ2v) is 12.8. The number of amides is 3. The van der Waals surface area contributed by atoms with E-state index in [1.165, 1.54) is 30.0 Å². The molecule has 0 bridgehead atoms. The topological polar surface area (TPSA) is 148 Å². The van der Waals surface area contributed by atoms with Gasteiger partial charge in [-0.15, -0.1) is 12.4 Å². The Morgan fingerprint density at radius 2 is 1.66 bits per heavy atom. The summed E-state index contributed by atoms with van der Waals surface area (Å²) in [5.41, 5.74) is 7.87. The second-order valence-electron chi connectivity index (χ2n) is 10.3. The number of nitrogens with two attached hydrogens (primary N) is 1. The molecule has 10 nitrogen and oxygen atoms in total. The van der Waals surface area contributed by atoms with Crippen molar-refractivity contribution >= 4 is 57.3 Å². The molecule has 4 N–H and O–H groups in total. The zero-order valence-electron chi connectivity index (χ0n) is 24.3. The van der Waals surface area contributed by atoms with E-state index in [2.05, 4.69) is 10.6 Å². The van der Waals surface area contributed by atoms with E-state index in [1.807, 2.05) is 24.3 Å². The van der Waals surface area contributed by atoms with Gasteiger partial charge < -0.3 is 26.0 Å². The Labute approximate surface area is 268 Å². The molecule has 1 heterocycles. The number of rotatable bonds is 12. The summed E-state index contributed by atoms with van der Waals surface area (Å²) < 4.78 is 31.9. The maximum absolute atomic E-state index is 13.2. The molecule has 236 valence electrons. The van der Waals surface area contributed by atoms with Crippen LogP contribution in [0.1, 0.15) is 47.7 Å². The number of benzene rings is 3. The standard InChI is InChI=1S/C31H35ClN4O6S.ClH/c1-21(37)34-15-3-2-4-16-42-26-12-7-22(8-13-26)18-35-30(38)24-9-14-29-28(17-24)36(19-23-5-10-25(32)11-6-23)31(39)27(33)20-43(29,40)41;/h5-14,17,27H,2-4,15-16,18-20,33H2,1H3,(H,34,37)(H,35,38);1H/t27-;/m0./s1. The SMILES string of the molecule is CC(=O)NCCCCCOc1ccc(CNC(=O)c2ccc3c(c2)N(Cc2ccc(Cl)cc2)C(=O)[C@@H](N)CS3(=O)=O)cc1.Cl. The van der Waals surface area contributed by atoms with Crippen molar-refractivity contribution in [1.29, 1.82) is 0 Å². The van der Waals surface area contributed by atoms with Crippen LogP contribution < -0.4 is 26.0 Å². The van der Waals surface area contributed by atoms with Gasteiger partial charge in [-0.25, -0.2) is 8.42 Å². The molecule has 0 radical (unpaired) electrons. The molecule has 0 fully saturated rings. The number of unbranched alkanes of at least 4 members (excludes halogenated alkanes) is 2. The zero-order valence-corrected chi connectivity index (χ0v) is 26.6. The van der Waals surface area contributed by atoms with Crippen molar-refractivity contribution in [2.45, 2.75) is 50.2 Å². The fourth-order valence-electron chi connectivity index (χ4n) is 4.63. The molecule has 3 aromatic rings. The van der Waals surface area contributed by atoms with Gasteiger partial charge in [0.15, 0.2) is 9.84 Å². The molecule has 0 aliphatic carbocycles. The second kappa shape index (κ2) is 15.9. The highest BCUT2D eigenvalue weighted by molar-refractivity contribution is 7.91. The molecule has 13 heteroatoms. The van der Waals surface area contributed by atoms with Crippen molar-refractivity contribution in [3.05, 3.63) is 88.4 Å². The van der Waals surface area contributed by atoms with Gasteiger partial charge in [-0.1, -0.05) is 35.9 Å². The summed E-state index contributed by atoms with van der Waals surface area (Å²) in [5, 5.41) is 6.14. The van der Waals surface area contributed by atoms with Crippen molar-refractivity contribution in [2.24, 2.45) is 5.73 Å². The summed E-state index contributed by atoms with van der Waals surface area (Å²) in [5.74, 6) is -0.818. The van der Waals surface area contributed by atoms with Gasteiger partial charge in [-0.3, -0.25) is 14.4 Å². The lowest BCUT2D eigenvalue weighted by atomic mass is 10.1. The van der Waals surface area contributed by atoms with Crippen LogP contribution in [0.5, 0.6) is 5.75 Å². The molecule has 0 saturated heterocycles. The normalized spacial score (nSPS) is 15.4. The first-order valence-electron chi connectivity index (χ1n) is 14.0. The monoisotopic (exact) mass is 662 g/mol. The zero-order chi connectivity index (χ0) is 31.0. The number of sulfone groups is 1. The number of hydrogen-bond donors (Lipinski definition) is 3. The number of nitrogens with one attached hydrogen (secondary N) is 2. The summed E-state index contributed by atoms with van der Waals surface area (Å²) in [6.45, 7) is 3.01. The first kappa shape index (κ1) is 34.8. The molecule has 1 aliphatic heterocycles. The Bertz CT molecular complexity index is 1570. The van der Waals surface area contributed by atoms with Crippen LogP contribution in [-0.4, -0.2) is 51.1 Å². The van der Waals surface area contributed by atoms with Gasteiger partial charge in [0.25, 0.3) is 5.91 Å². The molecule has 44 heavy (non-hydrogen) atoms. The van der Waals surface area contributed by atoms with Gasteiger partial charge in [0.05, 0.1) is 35.5 Å². The summed E-state index contributed by atoms with van der Waals surface area (Å²) in [4.78, 5) is 38.5. The maximum Gasteiger partial charge on any atom is 0.251 e. The Hall–Kier alpha value is -3.64. The molecule has 3 aromatic carbocycles. The molecule has 0 unspecified atom stereocenters. The third-order valence-corrected chi connectivity index (χ3v) is 8.99. The quantitative estimate of drug-likeness (QED) is 0.248. The summed E-state index contributed by atoms with van der Waals surface area (Å²) >= 11 is 5.99. The number of hydrogen-bond acceptors (Lipinski definition) is 7. The van der Waals surface area contributed by atoms with Crippen molar-refractivity contribution in [3.63, 3.8) is 0 Å². The average Bonchev–Trinajstić information content (AvgIpc) is 3.04. The fraction of sp³-hybridized carbons (Fsp3) is 0.323. The van der Waals surface area contributed by atoms with Crippen molar-refractivity contribution < 1.29 is 27.5 Å². The van der Waals surface area contributed by atoms with Crippen LogP contribution in [0, 0.1) is 0 Å². The third kappa shape index (κ3) is 9.43. The summed E-state index contributed by atoms with van der Waals surface area (Å²) in [7, 11) is -3.88. The molecule has 0 saturated carbocycles. The van der Waals surface area contributed by atoms with Crippen molar-refractivity contribution in [2.75, 3.05) is 23.8 Å². The van der Waals surface area contributed by atoms with Crippen LogP contribution in [0.3, 0.4) is 0 Å². The third-order valence-electron chi connectivity index (χ3n) is 6.92. The van der Waals surface area contributed by atoms with Crippen molar-refractivity contribution in [1.82, 2.24) is 10.6 Å². The van der Waals surface area contributed by atoms with E-state index in [0.29, 0.717) is 23.9 Å². The Kier molecular flexibility index (Phi) is 12.6. The van der Waals surface area contributed by atoms with Gasteiger partial charge >= 0.3 is 0 Å². The molecule has 4 rings (SSSR count). The van der Waals surface area contributed by atoms with E-state index >= 15 is 0 Å². The van der Waals surface area contributed by atoms with Crippen LogP contribution >= 0.6 is 24.0 Å². The van der Waals surface area contributed by atoms with Crippen LogP contribution in [0.15, 0.2) is 71.6 Å². The lowest BCUT2D eigenvalue weighted by Crippen LogP contribution is -2.45. The molecule has 0 spiro atoms. The van der Waals surface area contributed by atoms with Crippen LogP contribution in [0.4, 0.5) is 5.69 Å². The number of halogens is 2. The van der Waals surface area contributed by atoms with E-state index in [1.54, 1.807) is 24.3 Å². The Balaban J connectivity index is 0.00000529. The molecule has 1 atom stereocenters. The number of anilines is 1. The molecular formula is C31H36Cl2N4O6S. The molecule has 1 aliphatic rings. The summed E-state index contributed by atoms with van der Waals surface area (Å²) in [6, 6.07) is 17.2. The predicted molar refractivity (Wildman–Crippen MR) is 172 cm³/mol. The van der Waals surface area contributed by atoms with Crippen molar-refractivity contribution in [3.8, 4) is 5.75 Å². The number of fused-ring (bicyclic) bond motifs is 1. The summed E-state index contributed by atoms with van der Waals surface area (Å²) in [6.07, 6.45) is 2.71. The smallest absolute Gasteiger partial charge is 0.251 e. The highest BCUT2D eigenvalue weighted by Gasteiger charge is 2.36. The highest BCUT2D eigenvalue weighted by atomic mass is 35.5.